The van der Waals surface area contributed by atoms with Crippen LogP contribution in [0.25, 0.3) is 10.2 Å². The van der Waals surface area contributed by atoms with Gasteiger partial charge in [0.15, 0.2) is 5.13 Å². The van der Waals surface area contributed by atoms with E-state index >= 15 is 0 Å². The van der Waals surface area contributed by atoms with Crippen molar-refractivity contribution in [2.75, 3.05) is 38.7 Å². The number of aromatic nitrogens is 1. The van der Waals surface area contributed by atoms with Gasteiger partial charge in [0, 0.05) is 18.7 Å². The molecule has 3 aromatic rings. The largest absolute Gasteiger partial charge is 0.494 e. The molecule has 0 N–H and O–H groups in total. The number of rotatable bonds is 7. The monoisotopic (exact) mass is 433 g/mol. The number of thiazole rings is 1. The molecule has 0 fully saturated rings. The molecule has 0 radical (unpaired) electrons. The van der Waals surface area contributed by atoms with Gasteiger partial charge in [0.1, 0.15) is 5.75 Å². The molecular weight excluding hydrogens is 406 g/mol. The van der Waals surface area contributed by atoms with Crippen LogP contribution in [0, 0.1) is 13.8 Å². The minimum absolute atomic E-state index is 0. The standard InChI is InChI=1S/C22H27N3O2S.ClH/c1-6-27-18-9-7-17(8-10-18)21(26)25(12-11-24(4)5)22-23-19-14-15(2)13-16(3)20(19)28-22;/h7-10,13-14H,6,11-12H2,1-5H3;1H. The summed E-state index contributed by atoms with van der Waals surface area (Å²) < 4.78 is 6.62. The van der Waals surface area contributed by atoms with Crippen LogP contribution >= 0.6 is 23.7 Å². The average Bonchev–Trinajstić information content (AvgIpc) is 3.06. The number of ether oxygens (including phenoxy) is 1. The minimum Gasteiger partial charge on any atom is -0.494 e. The predicted octanol–water partition coefficient (Wildman–Crippen LogP) is 4.94. The summed E-state index contributed by atoms with van der Waals surface area (Å²) in [6, 6.07) is 11.5. The molecule has 1 aromatic heterocycles. The van der Waals surface area contributed by atoms with Gasteiger partial charge in [-0.2, -0.15) is 0 Å². The molecular formula is C22H28ClN3O2S. The molecule has 1 heterocycles. The van der Waals surface area contributed by atoms with Crippen LogP contribution in [-0.2, 0) is 0 Å². The molecule has 7 heteroatoms. The summed E-state index contributed by atoms with van der Waals surface area (Å²) >= 11 is 1.58. The molecule has 0 unspecified atom stereocenters. The number of benzene rings is 2. The van der Waals surface area contributed by atoms with Crippen LogP contribution in [0.5, 0.6) is 5.75 Å². The zero-order chi connectivity index (χ0) is 20.3. The van der Waals surface area contributed by atoms with Crippen LogP contribution in [0.2, 0.25) is 0 Å². The molecule has 0 aliphatic rings. The number of halogens is 1. The maximum atomic E-state index is 13.3. The highest BCUT2D eigenvalue weighted by molar-refractivity contribution is 7.22. The van der Waals surface area contributed by atoms with Gasteiger partial charge in [-0.15, -0.1) is 12.4 Å². The lowest BCUT2D eigenvalue weighted by molar-refractivity contribution is 0.0985. The van der Waals surface area contributed by atoms with Crippen molar-refractivity contribution in [1.82, 2.24) is 9.88 Å². The second-order valence-corrected chi connectivity index (χ2v) is 8.12. The number of hydrogen-bond acceptors (Lipinski definition) is 5. The SMILES string of the molecule is CCOc1ccc(C(=O)N(CCN(C)C)c2nc3cc(C)cc(C)c3s2)cc1.Cl. The number of likely N-dealkylation sites (N-methyl/N-ethyl adjacent to an activating group) is 1. The third kappa shape index (κ3) is 5.47. The summed E-state index contributed by atoms with van der Waals surface area (Å²) in [5.74, 6) is 0.725. The first-order valence-electron chi connectivity index (χ1n) is 9.46. The van der Waals surface area contributed by atoms with Crippen molar-refractivity contribution in [2.45, 2.75) is 20.8 Å². The van der Waals surface area contributed by atoms with Gasteiger partial charge in [0.25, 0.3) is 5.91 Å². The van der Waals surface area contributed by atoms with E-state index in [2.05, 4.69) is 30.9 Å². The normalized spacial score (nSPS) is 10.8. The lowest BCUT2D eigenvalue weighted by Crippen LogP contribution is -2.36. The fraction of sp³-hybridized carbons (Fsp3) is 0.364. The number of carbonyl (C=O) groups is 1. The van der Waals surface area contributed by atoms with Crippen molar-refractivity contribution in [2.24, 2.45) is 0 Å². The zero-order valence-electron chi connectivity index (χ0n) is 17.6. The maximum absolute atomic E-state index is 13.3. The number of nitrogens with zero attached hydrogens (tertiary/aromatic N) is 3. The first kappa shape index (κ1) is 23.1. The Morgan fingerprint density at radius 2 is 1.79 bits per heavy atom. The first-order valence-corrected chi connectivity index (χ1v) is 10.3. The summed E-state index contributed by atoms with van der Waals surface area (Å²) in [5, 5.41) is 0.740. The van der Waals surface area contributed by atoms with Gasteiger partial charge in [-0.25, -0.2) is 4.98 Å². The van der Waals surface area contributed by atoms with Gasteiger partial charge >= 0.3 is 0 Å². The van der Waals surface area contributed by atoms with Crippen LogP contribution in [0.4, 0.5) is 5.13 Å². The minimum atomic E-state index is -0.0432. The van der Waals surface area contributed by atoms with E-state index in [1.54, 1.807) is 16.2 Å². The Morgan fingerprint density at radius 1 is 1.10 bits per heavy atom. The van der Waals surface area contributed by atoms with E-state index in [-0.39, 0.29) is 18.3 Å². The Hall–Kier alpha value is -2.15. The Bertz CT molecular complexity index is 970. The highest BCUT2D eigenvalue weighted by Crippen LogP contribution is 2.32. The number of hydrogen-bond donors (Lipinski definition) is 0. The third-order valence-electron chi connectivity index (χ3n) is 4.47. The van der Waals surface area contributed by atoms with Crippen LogP contribution in [0.3, 0.4) is 0 Å². The topological polar surface area (TPSA) is 45.7 Å². The number of carbonyl (C=O) groups excluding carboxylic acids is 1. The van der Waals surface area contributed by atoms with Gasteiger partial charge < -0.3 is 9.64 Å². The van der Waals surface area contributed by atoms with Crippen molar-refractivity contribution < 1.29 is 9.53 Å². The van der Waals surface area contributed by atoms with Crippen LogP contribution in [-0.4, -0.2) is 49.6 Å². The van der Waals surface area contributed by atoms with E-state index < -0.39 is 0 Å². The second kappa shape index (κ2) is 10.1. The third-order valence-corrected chi connectivity index (χ3v) is 5.70. The van der Waals surface area contributed by atoms with E-state index in [1.807, 2.05) is 45.3 Å². The lowest BCUT2D eigenvalue weighted by atomic mass is 10.1. The Morgan fingerprint density at radius 3 is 2.41 bits per heavy atom. The molecule has 0 saturated heterocycles. The summed E-state index contributed by atoms with van der Waals surface area (Å²) in [4.78, 5) is 21.9. The smallest absolute Gasteiger partial charge is 0.260 e. The first-order chi connectivity index (χ1) is 13.4. The average molecular weight is 434 g/mol. The Balaban J connectivity index is 0.00000300. The highest BCUT2D eigenvalue weighted by Gasteiger charge is 2.22. The van der Waals surface area contributed by atoms with Crippen LogP contribution < -0.4 is 9.64 Å². The van der Waals surface area contributed by atoms with Crippen molar-refractivity contribution in [1.29, 1.82) is 0 Å². The number of amides is 1. The van der Waals surface area contributed by atoms with E-state index in [4.69, 9.17) is 9.72 Å². The molecule has 0 saturated carbocycles. The van der Waals surface area contributed by atoms with E-state index in [0.717, 1.165) is 27.6 Å². The van der Waals surface area contributed by atoms with Gasteiger partial charge in [-0.05, 0) is 76.3 Å². The number of anilines is 1. The van der Waals surface area contributed by atoms with Crippen molar-refractivity contribution in [3.8, 4) is 5.75 Å². The van der Waals surface area contributed by atoms with Crippen LogP contribution in [0.1, 0.15) is 28.4 Å². The molecule has 2 aromatic carbocycles. The van der Waals surface area contributed by atoms with E-state index in [1.165, 1.54) is 11.1 Å². The predicted molar refractivity (Wildman–Crippen MR) is 124 cm³/mol. The van der Waals surface area contributed by atoms with Crippen molar-refractivity contribution >= 4 is 45.0 Å². The zero-order valence-corrected chi connectivity index (χ0v) is 19.2. The van der Waals surface area contributed by atoms with Gasteiger partial charge in [0.2, 0.25) is 0 Å². The quantitative estimate of drug-likeness (QED) is 0.529. The Labute approximate surface area is 182 Å². The van der Waals surface area contributed by atoms with Gasteiger partial charge in [-0.3, -0.25) is 9.69 Å². The lowest BCUT2D eigenvalue weighted by Gasteiger charge is -2.22. The molecule has 0 bridgehead atoms. The molecule has 0 atom stereocenters. The molecule has 3 rings (SSSR count). The van der Waals surface area contributed by atoms with Crippen LogP contribution in [0.15, 0.2) is 36.4 Å². The number of fused-ring (bicyclic) bond motifs is 1. The summed E-state index contributed by atoms with van der Waals surface area (Å²) in [5.41, 5.74) is 3.96. The van der Waals surface area contributed by atoms with E-state index in [0.29, 0.717) is 18.7 Å². The van der Waals surface area contributed by atoms with Crippen molar-refractivity contribution in [3.63, 3.8) is 0 Å². The summed E-state index contributed by atoms with van der Waals surface area (Å²) in [6.07, 6.45) is 0. The van der Waals surface area contributed by atoms with Gasteiger partial charge in [-0.1, -0.05) is 17.4 Å². The van der Waals surface area contributed by atoms with Crippen molar-refractivity contribution in [3.05, 3.63) is 53.1 Å². The van der Waals surface area contributed by atoms with E-state index in [9.17, 15) is 4.79 Å². The molecule has 1 amide bonds. The summed E-state index contributed by atoms with van der Waals surface area (Å²) in [7, 11) is 4.01. The van der Waals surface area contributed by atoms with Gasteiger partial charge in [0.05, 0.1) is 16.8 Å². The molecule has 5 nitrogen and oxygen atoms in total. The fourth-order valence-electron chi connectivity index (χ4n) is 3.08. The maximum Gasteiger partial charge on any atom is 0.260 e. The molecule has 0 spiro atoms. The summed E-state index contributed by atoms with van der Waals surface area (Å²) in [6.45, 7) is 8.05. The molecule has 0 aliphatic heterocycles. The Kier molecular flexibility index (Phi) is 8.02. The number of aryl methyl sites for hydroxylation is 2. The second-order valence-electron chi connectivity index (χ2n) is 7.14. The molecule has 0 aliphatic carbocycles. The molecule has 29 heavy (non-hydrogen) atoms. The highest BCUT2D eigenvalue weighted by atomic mass is 35.5. The fourth-order valence-corrected chi connectivity index (χ4v) is 4.12. The molecule has 156 valence electrons.